The maximum atomic E-state index is 12.9. The Balaban J connectivity index is 1.84. The summed E-state index contributed by atoms with van der Waals surface area (Å²) in [6, 6.07) is 20.5. The Morgan fingerprint density at radius 3 is 1.97 bits per heavy atom. The van der Waals surface area contributed by atoms with Gasteiger partial charge < -0.3 is 10.6 Å². The fraction of sp³-hybridized carbons (Fsp3) is 0.200. The van der Waals surface area contributed by atoms with E-state index in [1.807, 2.05) is 49.4 Å². The highest BCUT2D eigenvalue weighted by Gasteiger charge is 2.14. The Hall–Kier alpha value is -3.40. The van der Waals surface area contributed by atoms with Crippen molar-refractivity contribution in [2.45, 2.75) is 33.6 Å². The van der Waals surface area contributed by atoms with E-state index in [9.17, 15) is 9.59 Å². The van der Waals surface area contributed by atoms with Gasteiger partial charge in [0.2, 0.25) is 0 Å². The smallest absolute Gasteiger partial charge is 0.255 e. The van der Waals surface area contributed by atoms with E-state index in [1.165, 1.54) is 0 Å². The van der Waals surface area contributed by atoms with Gasteiger partial charge in [0.15, 0.2) is 0 Å². The SMILES string of the molecule is CCc1cccc(CC)c1NC(=O)c1ccc(C)c(NC(=O)c2ccccc2)c1. The first-order valence-electron chi connectivity index (χ1n) is 9.92. The number of para-hydroxylation sites is 1. The van der Waals surface area contributed by atoms with E-state index in [1.54, 1.807) is 24.3 Å². The number of hydrogen-bond donors (Lipinski definition) is 2. The van der Waals surface area contributed by atoms with E-state index in [-0.39, 0.29) is 11.8 Å². The van der Waals surface area contributed by atoms with Crippen molar-refractivity contribution in [1.82, 2.24) is 0 Å². The first kappa shape index (κ1) is 20.3. The number of nitrogens with one attached hydrogen (secondary N) is 2. The van der Waals surface area contributed by atoms with Gasteiger partial charge in [0.1, 0.15) is 0 Å². The van der Waals surface area contributed by atoms with Crippen LogP contribution >= 0.6 is 0 Å². The monoisotopic (exact) mass is 386 g/mol. The molecule has 4 nitrogen and oxygen atoms in total. The number of aryl methyl sites for hydroxylation is 3. The lowest BCUT2D eigenvalue weighted by molar-refractivity contribution is 0.101. The number of carbonyl (C=O) groups excluding carboxylic acids is 2. The van der Waals surface area contributed by atoms with Crippen molar-refractivity contribution in [1.29, 1.82) is 0 Å². The lowest BCUT2D eigenvalue weighted by atomic mass is 10.0. The molecule has 29 heavy (non-hydrogen) atoms. The van der Waals surface area contributed by atoms with Crippen LogP contribution < -0.4 is 10.6 Å². The molecule has 4 heteroatoms. The van der Waals surface area contributed by atoms with Crippen LogP contribution in [0.4, 0.5) is 11.4 Å². The van der Waals surface area contributed by atoms with Crippen molar-refractivity contribution < 1.29 is 9.59 Å². The van der Waals surface area contributed by atoms with Crippen LogP contribution in [0.15, 0.2) is 66.7 Å². The highest BCUT2D eigenvalue weighted by atomic mass is 16.2. The third-order valence-corrected chi connectivity index (χ3v) is 5.02. The van der Waals surface area contributed by atoms with Crippen LogP contribution in [0, 0.1) is 6.92 Å². The quantitative estimate of drug-likeness (QED) is 0.577. The second-order valence-corrected chi connectivity index (χ2v) is 6.96. The summed E-state index contributed by atoms with van der Waals surface area (Å²) in [4.78, 5) is 25.4. The van der Waals surface area contributed by atoms with Crippen LogP contribution in [0.3, 0.4) is 0 Å². The van der Waals surface area contributed by atoms with Crippen molar-refractivity contribution >= 4 is 23.2 Å². The molecule has 2 N–H and O–H groups in total. The lowest BCUT2D eigenvalue weighted by Gasteiger charge is -2.15. The average Bonchev–Trinajstić information content (AvgIpc) is 2.75. The number of carbonyl (C=O) groups is 2. The van der Waals surface area contributed by atoms with Crippen LogP contribution in [-0.2, 0) is 12.8 Å². The van der Waals surface area contributed by atoms with Gasteiger partial charge in [-0.3, -0.25) is 9.59 Å². The predicted molar refractivity (Wildman–Crippen MR) is 119 cm³/mol. The molecule has 3 aromatic carbocycles. The van der Waals surface area contributed by atoms with Gasteiger partial charge in [-0.25, -0.2) is 0 Å². The second-order valence-electron chi connectivity index (χ2n) is 6.96. The minimum Gasteiger partial charge on any atom is -0.322 e. The van der Waals surface area contributed by atoms with E-state index >= 15 is 0 Å². The zero-order valence-electron chi connectivity index (χ0n) is 17.1. The van der Waals surface area contributed by atoms with Gasteiger partial charge in [0.25, 0.3) is 11.8 Å². The van der Waals surface area contributed by atoms with Gasteiger partial charge in [-0.15, -0.1) is 0 Å². The average molecular weight is 386 g/mol. The molecule has 0 atom stereocenters. The van der Waals surface area contributed by atoms with Gasteiger partial charge in [-0.1, -0.05) is 56.3 Å². The molecule has 0 saturated carbocycles. The molecule has 0 aliphatic carbocycles. The molecule has 0 aliphatic rings. The topological polar surface area (TPSA) is 58.2 Å². The molecular weight excluding hydrogens is 360 g/mol. The fourth-order valence-electron chi connectivity index (χ4n) is 3.27. The largest absolute Gasteiger partial charge is 0.322 e. The molecule has 0 bridgehead atoms. The Labute approximate surface area is 172 Å². The van der Waals surface area contributed by atoms with Crippen LogP contribution in [-0.4, -0.2) is 11.8 Å². The molecule has 0 radical (unpaired) electrons. The van der Waals surface area contributed by atoms with E-state index in [2.05, 4.69) is 24.5 Å². The molecule has 0 saturated heterocycles. The minimum atomic E-state index is -0.198. The van der Waals surface area contributed by atoms with E-state index in [0.29, 0.717) is 16.8 Å². The van der Waals surface area contributed by atoms with Crippen molar-refractivity contribution in [3.05, 3.63) is 94.5 Å². The van der Waals surface area contributed by atoms with Crippen molar-refractivity contribution in [2.75, 3.05) is 10.6 Å². The van der Waals surface area contributed by atoms with Crippen LogP contribution in [0.2, 0.25) is 0 Å². The molecule has 0 aliphatic heterocycles. The van der Waals surface area contributed by atoms with Gasteiger partial charge in [0, 0.05) is 22.5 Å². The summed E-state index contributed by atoms with van der Waals surface area (Å²) in [5.41, 5.74) is 5.72. The summed E-state index contributed by atoms with van der Waals surface area (Å²) in [6.45, 7) is 6.06. The summed E-state index contributed by atoms with van der Waals surface area (Å²) < 4.78 is 0. The summed E-state index contributed by atoms with van der Waals surface area (Å²) in [5.74, 6) is -0.383. The number of anilines is 2. The normalized spacial score (nSPS) is 10.4. The van der Waals surface area contributed by atoms with E-state index < -0.39 is 0 Å². The molecular formula is C25H26N2O2. The Kier molecular flexibility index (Phi) is 6.45. The molecule has 0 heterocycles. The van der Waals surface area contributed by atoms with Crippen LogP contribution in [0.5, 0.6) is 0 Å². The number of hydrogen-bond acceptors (Lipinski definition) is 2. The molecule has 148 valence electrons. The maximum absolute atomic E-state index is 12.9. The van der Waals surface area contributed by atoms with Crippen LogP contribution in [0.1, 0.15) is 51.3 Å². The molecule has 3 aromatic rings. The molecule has 0 spiro atoms. The number of rotatable bonds is 6. The van der Waals surface area contributed by atoms with E-state index in [0.717, 1.165) is 35.2 Å². The Bertz CT molecular complexity index is 1000. The van der Waals surface area contributed by atoms with Crippen LogP contribution in [0.25, 0.3) is 0 Å². The minimum absolute atomic E-state index is 0.184. The van der Waals surface area contributed by atoms with Gasteiger partial charge >= 0.3 is 0 Å². The summed E-state index contributed by atoms with van der Waals surface area (Å²) in [5, 5.41) is 5.99. The standard InChI is InChI=1S/C25H26N2O2/c1-4-18-12-9-13-19(5-2)23(18)27-25(29)21-15-14-17(3)22(16-21)26-24(28)20-10-7-6-8-11-20/h6-16H,4-5H2,1-3H3,(H,26,28)(H,27,29). The van der Waals surface area contributed by atoms with E-state index in [4.69, 9.17) is 0 Å². The molecule has 3 rings (SSSR count). The molecule has 0 aromatic heterocycles. The third kappa shape index (κ3) is 4.72. The highest BCUT2D eigenvalue weighted by Crippen LogP contribution is 2.24. The summed E-state index contributed by atoms with van der Waals surface area (Å²) in [6.07, 6.45) is 1.69. The highest BCUT2D eigenvalue weighted by molar-refractivity contribution is 6.08. The van der Waals surface area contributed by atoms with Gasteiger partial charge in [-0.05, 0) is 60.7 Å². The van der Waals surface area contributed by atoms with Gasteiger partial charge in [-0.2, -0.15) is 0 Å². The van der Waals surface area contributed by atoms with Crippen molar-refractivity contribution in [2.24, 2.45) is 0 Å². The number of amides is 2. The predicted octanol–water partition coefficient (Wildman–Crippen LogP) is 5.62. The third-order valence-electron chi connectivity index (χ3n) is 5.02. The first-order chi connectivity index (χ1) is 14.0. The van der Waals surface area contributed by atoms with Crippen molar-refractivity contribution in [3.8, 4) is 0 Å². The zero-order chi connectivity index (χ0) is 20.8. The first-order valence-corrected chi connectivity index (χ1v) is 9.92. The molecule has 2 amide bonds. The Morgan fingerprint density at radius 2 is 1.34 bits per heavy atom. The summed E-state index contributed by atoms with van der Waals surface area (Å²) >= 11 is 0. The van der Waals surface area contributed by atoms with Crippen molar-refractivity contribution in [3.63, 3.8) is 0 Å². The fourth-order valence-corrected chi connectivity index (χ4v) is 3.27. The number of benzene rings is 3. The molecule has 0 fully saturated rings. The Morgan fingerprint density at radius 1 is 0.724 bits per heavy atom. The maximum Gasteiger partial charge on any atom is 0.255 e. The van der Waals surface area contributed by atoms with Gasteiger partial charge in [0.05, 0.1) is 0 Å². The zero-order valence-corrected chi connectivity index (χ0v) is 17.1. The lowest BCUT2D eigenvalue weighted by Crippen LogP contribution is -2.17. The molecule has 0 unspecified atom stereocenters. The second kappa shape index (κ2) is 9.20. The summed E-state index contributed by atoms with van der Waals surface area (Å²) in [7, 11) is 0.